The minimum Gasteiger partial charge on any atom is -0.287 e. The standard InChI is InChI=1S/C16H11BrN4OS2/c1-9-14(15(22)20-18-8-11-3-2-6-23-11)24-16-19-12-5-4-10(17)7-13(12)21(9)16/h2-8H,1H3,(H,20,22)/b18-8+. The molecule has 0 aliphatic rings. The zero-order chi connectivity index (χ0) is 16.7. The van der Waals surface area contributed by atoms with Crippen molar-refractivity contribution in [1.29, 1.82) is 0 Å². The van der Waals surface area contributed by atoms with Crippen molar-refractivity contribution >= 4 is 66.7 Å². The number of rotatable bonds is 3. The third kappa shape index (κ3) is 2.66. The van der Waals surface area contributed by atoms with Gasteiger partial charge in [-0.1, -0.05) is 33.3 Å². The summed E-state index contributed by atoms with van der Waals surface area (Å²) in [5.74, 6) is -0.223. The molecular formula is C16H11BrN4OS2. The van der Waals surface area contributed by atoms with Crippen LogP contribution in [0, 0.1) is 6.92 Å². The Labute approximate surface area is 153 Å². The van der Waals surface area contributed by atoms with Gasteiger partial charge in [0.2, 0.25) is 0 Å². The average molecular weight is 419 g/mol. The molecule has 0 unspecified atom stereocenters. The van der Waals surface area contributed by atoms with Gasteiger partial charge in [0.1, 0.15) is 4.88 Å². The highest BCUT2D eigenvalue weighted by Crippen LogP contribution is 2.29. The summed E-state index contributed by atoms with van der Waals surface area (Å²) < 4.78 is 2.98. The molecule has 0 bridgehead atoms. The van der Waals surface area contributed by atoms with E-state index in [4.69, 9.17) is 0 Å². The van der Waals surface area contributed by atoms with E-state index in [1.807, 2.05) is 47.0 Å². The van der Waals surface area contributed by atoms with Gasteiger partial charge in [-0.2, -0.15) is 5.10 Å². The zero-order valence-corrected chi connectivity index (χ0v) is 15.7. The van der Waals surface area contributed by atoms with Crippen molar-refractivity contribution in [3.8, 4) is 0 Å². The lowest BCUT2D eigenvalue weighted by Gasteiger charge is -1.99. The number of hydrogen-bond donors (Lipinski definition) is 1. The number of halogens is 1. The van der Waals surface area contributed by atoms with Crippen molar-refractivity contribution in [3.63, 3.8) is 0 Å². The number of nitrogens with zero attached hydrogens (tertiary/aromatic N) is 3. The Morgan fingerprint density at radius 3 is 3.08 bits per heavy atom. The minimum absolute atomic E-state index is 0.223. The lowest BCUT2D eigenvalue weighted by molar-refractivity contribution is 0.0958. The van der Waals surface area contributed by atoms with Crippen LogP contribution in [0.5, 0.6) is 0 Å². The molecule has 0 aliphatic carbocycles. The Bertz CT molecular complexity index is 1080. The van der Waals surface area contributed by atoms with Crippen LogP contribution in [0.1, 0.15) is 20.2 Å². The average Bonchev–Trinajstić information content (AvgIpc) is 3.24. The summed E-state index contributed by atoms with van der Waals surface area (Å²) in [7, 11) is 0. The molecule has 1 aromatic carbocycles. The third-order valence-electron chi connectivity index (χ3n) is 3.55. The van der Waals surface area contributed by atoms with Crippen LogP contribution in [0.3, 0.4) is 0 Å². The lowest BCUT2D eigenvalue weighted by atomic mass is 10.3. The lowest BCUT2D eigenvalue weighted by Crippen LogP contribution is -2.17. The van der Waals surface area contributed by atoms with Crippen molar-refractivity contribution in [2.24, 2.45) is 5.10 Å². The maximum Gasteiger partial charge on any atom is 0.283 e. The number of imidazole rings is 1. The SMILES string of the molecule is Cc1c(C(=O)N/N=C/c2cccs2)sc2nc3ccc(Br)cc3n12. The van der Waals surface area contributed by atoms with Crippen LogP contribution in [-0.4, -0.2) is 21.5 Å². The molecule has 24 heavy (non-hydrogen) atoms. The fourth-order valence-corrected chi connectivity index (χ4v) is 4.43. The van der Waals surface area contributed by atoms with E-state index in [9.17, 15) is 4.79 Å². The minimum atomic E-state index is -0.223. The molecule has 120 valence electrons. The quantitative estimate of drug-likeness (QED) is 0.394. The maximum absolute atomic E-state index is 12.4. The first kappa shape index (κ1) is 15.5. The summed E-state index contributed by atoms with van der Waals surface area (Å²) in [5.41, 5.74) is 5.34. The Morgan fingerprint density at radius 1 is 1.42 bits per heavy atom. The van der Waals surface area contributed by atoms with Gasteiger partial charge < -0.3 is 0 Å². The van der Waals surface area contributed by atoms with Gasteiger partial charge >= 0.3 is 0 Å². The van der Waals surface area contributed by atoms with E-state index in [0.29, 0.717) is 4.88 Å². The Hall–Kier alpha value is -2.03. The molecule has 0 saturated heterocycles. The number of hydrazone groups is 1. The van der Waals surface area contributed by atoms with Crippen molar-refractivity contribution in [1.82, 2.24) is 14.8 Å². The maximum atomic E-state index is 12.4. The molecule has 3 heterocycles. The predicted octanol–water partition coefficient (Wildman–Crippen LogP) is 4.45. The third-order valence-corrected chi connectivity index (χ3v) is 5.99. The number of hydrogen-bond acceptors (Lipinski definition) is 5. The van der Waals surface area contributed by atoms with Crippen molar-refractivity contribution in [3.05, 3.63) is 55.6 Å². The monoisotopic (exact) mass is 418 g/mol. The highest BCUT2D eigenvalue weighted by atomic mass is 79.9. The van der Waals surface area contributed by atoms with E-state index in [2.05, 4.69) is 31.4 Å². The molecule has 5 nitrogen and oxygen atoms in total. The number of carbonyl (C=O) groups excluding carboxylic acids is 1. The second kappa shape index (κ2) is 6.12. The second-order valence-electron chi connectivity index (χ2n) is 5.09. The summed E-state index contributed by atoms with van der Waals surface area (Å²) in [6, 6.07) is 9.81. The van der Waals surface area contributed by atoms with Gasteiger partial charge in [-0.05, 0) is 36.6 Å². The number of thiazole rings is 1. The van der Waals surface area contributed by atoms with Crippen LogP contribution >= 0.6 is 38.6 Å². The van der Waals surface area contributed by atoms with Gasteiger partial charge in [-0.3, -0.25) is 9.20 Å². The number of carbonyl (C=O) groups is 1. The molecule has 4 rings (SSSR count). The first-order valence-electron chi connectivity index (χ1n) is 7.07. The van der Waals surface area contributed by atoms with E-state index in [1.165, 1.54) is 11.3 Å². The van der Waals surface area contributed by atoms with E-state index in [1.54, 1.807) is 17.6 Å². The zero-order valence-electron chi connectivity index (χ0n) is 12.5. The Balaban J connectivity index is 1.68. The number of thiophene rings is 1. The molecule has 4 aromatic rings. The Kier molecular flexibility index (Phi) is 3.95. The number of nitrogens with one attached hydrogen (secondary N) is 1. The number of amides is 1. The van der Waals surface area contributed by atoms with Crippen LogP contribution in [0.25, 0.3) is 16.0 Å². The molecule has 0 spiro atoms. The highest BCUT2D eigenvalue weighted by Gasteiger charge is 2.18. The van der Waals surface area contributed by atoms with Crippen LogP contribution in [0.15, 0.2) is 45.3 Å². The molecule has 0 aliphatic heterocycles. The highest BCUT2D eigenvalue weighted by molar-refractivity contribution is 9.10. The number of aryl methyl sites for hydroxylation is 1. The predicted molar refractivity (Wildman–Crippen MR) is 102 cm³/mol. The molecule has 1 amide bonds. The largest absolute Gasteiger partial charge is 0.287 e. The van der Waals surface area contributed by atoms with Crippen molar-refractivity contribution < 1.29 is 4.79 Å². The Morgan fingerprint density at radius 2 is 2.29 bits per heavy atom. The fraction of sp³-hybridized carbons (Fsp3) is 0.0625. The summed E-state index contributed by atoms with van der Waals surface area (Å²) in [5, 5.41) is 5.98. The van der Waals surface area contributed by atoms with E-state index >= 15 is 0 Å². The van der Waals surface area contributed by atoms with Crippen LogP contribution < -0.4 is 5.43 Å². The van der Waals surface area contributed by atoms with Crippen LogP contribution in [-0.2, 0) is 0 Å². The molecule has 0 atom stereocenters. The molecule has 0 fully saturated rings. The smallest absolute Gasteiger partial charge is 0.283 e. The van der Waals surface area contributed by atoms with Gasteiger partial charge in [0.05, 0.1) is 17.2 Å². The molecule has 0 radical (unpaired) electrons. The van der Waals surface area contributed by atoms with E-state index in [-0.39, 0.29) is 5.91 Å². The van der Waals surface area contributed by atoms with Gasteiger partial charge in [-0.15, -0.1) is 11.3 Å². The van der Waals surface area contributed by atoms with Crippen LogP contribution in [0.2, 0.25) is 0 Å². The van der Waals surface area contributed by atoms with Crippen molar-refractivity contribution in [2.45, 2.75) is 6.92 Å². The van der Waals surface area contributed by atoms with Gasteiger partial charge in [0.25, 0.3) is 5.91 Å². The summed E-state index contributed by atoms with van der Waals surface area (Å²) in [4.78, 5) is 19.4. The summed E-state index contributed by atoms with van der Waals surface area (Å²) >= 11 is 6.41. The van der Waals surface area contributed by atoms with E-state index in [0.717, 1.165) is 31.0 Å². The van der Waals surface area contributed by atoms with Gasteiger partial charge in [0.15, 0.2) is 4.96 Å². The van der Waals surface area contributed by atoms with Gasteiger partial charge in [-0.25, -0.2) is 10.4 Å². The first-order chi connectivity index (χ1) is 11.6. The molecular weight excluding hydrogens is 408 g/mol. The van der Waals surface area contributed by atoms with Crippen molar-refractivity contribution in [2.75, 3.05) is 0 Å². The molecule has 3 aromatic heterocycles. The number of aromatic nitrogens is 2. The van der Waals surface area contributed by atoms with Crippen LogP contribution in [0.4, 0.5) is 0 Å². The normalized spacial score (nSPS) is 11.8. The molecule has 1 N–H and O–H groups in total. The fourth-order valence-electron chi connectivity index (χ4n) is 2.47. The molecule has 8 heteroatoms. The number of fused-ring (bicyclic) bond motifs is 3. The number of benzene rings is 1. The van der Waals surface area contributed by atoms with Gasteiger partial charge in [0, 0.05) is 15.0 Å². The second-order valence-corrected chi connectivity index (χ2v) is 7.97. The summed E-state index contributed by atoms with van der Waals surface area (Å²) in [6.45, 7) is 1.92. The molecule has 0 saturated carbocycles. The topological polar surface area (TPSA) is 58.8 Å². The van der Waals surface area contributed by atoms with E-state index < -0.39 is 0 Å². The summed E-state index contributed by atoms with van der Waals surface area (Å²) in [6.07, 6.45) is 1.64. The first-order valence-corrected chi connectivity index (χ1v) is 9.56.